The first-order chi connectivity index (χ1) is 8.39. The fourth-order valence-electron chi connectivity index (χ4n) is 2.17. The average molecular weight is 265 g/mol. The zero-order valence-corrected chi connectivity index (χ0v) is 12.3. The van der Waals surface area contributed by atoms with E-state index in [1.165, 1.54) is 10.9 Å². The van der Waals surface area contributed by atoms with Crippen molar-refractivity contribution >= 4 is 22.5 Å². The minimum absolute atomic E-state index is 0.145. The van der Waals surface area contributed by atoms with E-state index in [0.717, 1.165) is 18.5 Å². The molecule has 2 nitrogen and oxygen atoms in total. The minimum atomic E-state index is 0.145. The lowest BCUT2D eigenvalue weighted by Gasteiger charge is -2.24. The number of nitrogens with zero attached hydrogens (tertiary/aromatic N) is 2. The average Bonchev–Trinajstić information content (AvgIpc) is 2.63. The number of alkyl halides is 1. The number of aromatic nitrogens is 2. The number of aryl methyl sites for hydroxylation is 2. The molecule has 0 saturated heterocycles. The number of para-hydroxylation sites is 1. The van der Waals surface area contributed by atoms with E-state index in [-0.39, 0.29) is 10.8 Å². The molecule has 98 valence electrons. The maximum Gasteiger partial charge on any atom is 0.0703 e. The number of rotatable bonds is 3. The minimum Gasteiger partial charge on any atom is -0.268 e. The van der Waals surface area contributed by atoms with E-state index in [2.05, 4.69) is 44.1 Å². The van der Waals surface area contributed by atoms with Crippen LogP contribution in [0.2, 0.25) is 0 Å². The van der Waals surface area contributed by atoms with Gasteiger partial charge in [0.05, 0.1) is 11.2 Å². The van der Waals surface area contributed by atoms with Gasteiger partial charge in [0, 0.05) is 17.8 Å². The molecule has 1 aromatic heterocycles. The summed E-state index contributed by atoms with van der Waals surface area (Å²) in [4.78, 5) is 0. The molecular formula is C15H21ClN2. The van der Waals surface area contributed by atoms with Crippen LogP contribution in [0.15, 0.2) is 24.3 Å². The first kappa shape index (κ1) is 13.4. The van der Waals surface area contributed by atoms with Crippen molar-refractivity contribution in [3.63, 3.8) is 0 Å². The van der Waals surface area contributed by atoms with E-state index in [0.29, 0.717) is 0 Å². The second kappa shape index (κ2) is 4.93. The topological polar surface area (TPSA) is 17.8 Å². The van der Waals surface area contributed by atoms with Crippen LogP contribution in [0, 0.1) is 5.41 Å². The first-order valence-corrected chi connectivity index (χ1v) is 6.88. The molecule has 3 heteroatoms. The van der Waals surface area contributed by atoms with Crippen molar-refractivity contribution in [2.24, 2.45) is 12.5 Å². The Hall–Kier alpha value is -1.02. The summed E-state index contributed by atoms with van der Waals surface area (Å²) in [5, 5.41) is 6.03. The Morgan fingerprint density at radius 3 is 2.61 bits per heavy atom. The molecule has 1 unspecified atom stereocenters. The van der Waals surface area contributed by atoms with Crippen LogP contribution in [0.5, 0.6) is 0 Å². The van der Waals surface area contributed by atoms with Gasteiger partial charge in [-0.15, -0.1) is 11.6 Å². The quantitative estimate of drug-likeness (QED) is 0.761. The highest BCUT2D eigenvalue weighted by Crippen LogP contribution is 2.29. The van der Waals surface area contributed by atoms with Gasteiger partial charge in [-0.1, -0.05) is 39.0 Å². The van der Waals surface area contributed by atoms with Crippen molar-refractivity contribution in [2.45, 2.75) is 39.0 Å². The van der Waals surface area contributed by atoms with E-state index >= 15 is 0 Å². The number of fused-ring (bicyclic) bond motifs is 1. The molecule has 18 heavy (non-hydrogen) atoms. The van der Waals surface area contributed by atoms with Crippen LogP contribution in [0.25, 0.3) is 10.9 Å². The van der Waals surface area contributed by atoms with Crippen molar-refractivity contribution in [3.8, 4) is 0 Å². The maximum atomic E-state index is 6.43. The monoisotopic (exact) mass is 264 g/mol. The number of benzene rings is 1. The second-order valence-electron chi connectivity index (χ2n) is 5.96. The third-order valence-corrected chi connectivity index (χ3v) is 4.28. The van der Waals surface area contributed by atoms with Crippen LogP contribution in [0.1, 0.15) is 32.9 Å². The van der Waals surface area contributed by atoms with Gasteiger partial charge in [-0.2, -0.15) is 5.10 Å². The maximum absolute atomic E-state index is 6.43. The third-order valence-electron chi connectivity index (χ3n) is 3.41. The summed E-state index contributed by atoms with van der Waals surface area (Å²) in [5.74, 6) is 0. The predicted molar refractivity (Wildman–Crippen MR) is 78.1 cm³/mol. The van der Waals surface area contributed by atoms with Gasteiger partial charge in [-0.3, -0.25) is 4.68 Å². The molecule has 0 amide bonds. The van der Waals surface area contributed by atoms with E-state index in [4.69, 9.17) is 11.6 Å². The standard InChI is InChI=1S/C15H21ClN2/c1-15(2,3)14(16)10-9-12-11-7-5-6-8-13(11)18(4)17-12/h5-8,14H,9-10H2,1-4H3. The van der Waals surface area contributed by atoms with Crippen molar-refractivity contribution in [1.82, 2.24) is 9.78 Å². The fraction of sp³-hybridized carbons (Fsp3) is 0.533. The van der Waals surface area contributed by atoms with Gasteiger partial charge >= 0.3 is 0 Å². The summed E-state index contributed by atoms with van der Waals surface area (Å²) in [5.41, 5.74) is 2.49. The van der Waals surface area contributed by atoms with Gasteiger partial charge in [-0.05, 0) is 24.3 Å². The Balaban J connectivity index is 2.18. The van der Waals surface area contributed by atoms with Gasteiger partial charge < -0.3 is 0 Å². The van der Waals surface area contributed by atoms with Crippen molar-refractivity contribution in [1.29, 1.82) is 0 Å². The van der Waals surface area contributed by atoms with Gasteiger partial charge in [0.2, 0.25) is 0 Å². The van der Waals surface area contributed by atoms with Crippen LogP contribution in [0.3, 0.4) is 0 Å². The van der Waals surface area contributed by atoms with Crippen LogP contribution >= 0.6 is 11.6 Å². The Morgan fingerprint density at radius 1 is 1.28 bits per heavy atom. The molecule has 0 aliphatic rings. The molecule has 0 fully saturated rings. The predicted octanol–water partition coefficient (Wildman–Crippen LogP) is 4.16. The Morgan fingerprint density at radius 2 is 1.94 bits per heavy atom. The molecule has 1 heterocycles. The number of hydrogen-bond acceptors (Lipinski definition) is 1. The van der Waals surface area contributed by atoms with Crippen molar-refractivity contribution < 1.29 is 0 Å². The van der Waals surface area contributed by atoms with Crippen molar-refractivity contribution in [2.75, 3.05) is 0 Å². The summed E-state index contributed by atoms with van der Waals surface area (Å²) in [6.07, 6.45) is 1.90. The highest BCUT2D eigenvalue weighted by molar-refractivity contribution is 6.21. The smallest absolute Gasteiger partial charge is 0.0703 e. The summed E-state index contributed by atoms with van der Waals surface area (Å²) < 4.78 is 1.95. The molecular weight excluding hydrogens is 244 g/mol. The van der Waals surface area contributed by atoms with Gasteiger partial charge in [0.25, 0.3) is 0 Å². The SMILES string of the molecule is Cn1nc(CCC(Cl)C(C)(C)C)c2ccccc21. The van der Waals surface area contributed by atoms with Gasteiger partial charge in [0.1, 0.15) is 0 Å². The van der Waals surface area contributed by atoms with E-state index < -0.39 is 0 Å². The summed E-state index contributed by atoms with van der Waals surface area (Å²) in [7, 11) is 1.99. The van der Waals surface area contributed by atoms with E-state index in [1.807, 2.05) is 17.8 Å². The number of hydrogen-bond donors (Lipinski definition) is 0. The fourth-order valence-corrected chi connectivity index (χ4v) is 2.28. The van der Waals surface area contributed by atoms with E-state index in [9.17, 15) is 0 Å². The highest BCUT2D eigenvalue weighted by Gasteiger charge is 2.22. The second-order valence-corrected chi connectivity index (χ2v) is 6.49. The largest absolute Gasteiger partial charge is 0.268 e. The highest BCUT2D eigenvalue weighted by atomic mass is 35.5. The number of halogens is 1. The van der Waals surface area contributed by atoms with Gasteiger partial charge in [0.15, 0.2) is 0 Å². The van der Waals surface area contributed by atoms with Crippen molar-refractivity contribution in [3.05, 3.63) is 30.0 Å². The Labute approximate surface area is 114 Å². The Kier molecular flexibility index (Phi) is 3.67. The summed E-state index contributed by atoms with van der Waals surface area (Å²) >= 11 is 6.43. The molecule has 0 spiro atoms. The zero-order chi connectivity index (χ0) is 13.3. The molecule has 1 aromatic carbocycles. The lowest BCUT2D eigenvalue weighted by atomic mass is 9.88. The lowest BCUT2D eigenvalue weighted by molar-refractivity contribution is 0.373. The van der Waals surface area contributed by atoms with Crippen LogP contribution < -0.4 is 0 Å². The molecule has 2 rings (SSSR count). The summed E-state index contributed by atoms with van der Waals surface area (Å²) in [6, 6.07) is 8.36. The molecule has 0 aliphatic heterocycles. The molecule has 0 bridgehead atoms. The zero-order valence-electron chi connectivity index (χ0n) is 11.6. The third kappa shape index (κ3) is 2.69. The summed E-state index contributed by atoms with van der Waals surface area (Å²) in [6.45, 7) is 6.55. The molecule has 0 aliphatic carbocycles. The molecule has 1 atom stereocenters. The van der Waals surface area contributed by atoms with E-state index in [1.54, 1.807) is 0 Å². The lowest BCUT2D eigenvalue weighted by Crippen LogP contribution is -2.21. The molecule has 2 aromatic rings. The van der Waals surface area contributed by atoms with Crippen LogP contribution in [-0.4, -0.2) is 15.2 Å². The Bertz CT molecular complexity index is 537. The van der Waals surface area contributed by atoms with Crippen LogP contribution in [0.4, 0.5) is 0 Å². The first-order valence-electron chi connectivity index (χ1n) is 6.44. The molecule has 0 saturated carbocycles. The molecule has 0 N–H and O–H groups in total. The van der Waals surface area contributed by atoms with Gasteiger partial charge in [-0.25, -0.2) is 0 Å². The molecule has 0 radical (unpaired) electrons. The van der Waals surface area contributed by atoms with Crippen LogP contribution in [-0.2, 0) is 13.5 Å². The normalized spacial score (nSPS) is 14.1.